The van der Waals surface area contributed by atoms with Crippen LogP contribution in [0.1, 0.15) is 34.1 Å². The van der Waals surface area contributed by atoms with Gasteiger partial charge in [-0.3, -0.25) is 4.79 Å². The van der Waals surface area contributed by atoms with Gasteiger partial charge in [0.15, 0.2) is 0 Å². The number of hydrogen-bond acceptors (Lipinski definition) is 3. The molecule has 2 unspecified atom stereocenters. The van der Waals surface area contributed by atoms with Gasteiger partial charge in [-0.05, 0) is 11.8 Å². The van der Waals surface area contributed by atoms with Crippen molar-refractivity contribution in [2.24, 2.45) is 11.1 Å². The lowest BCUT2D eigenvalue weighted by Crippen LogP contribution is -2.53. The molecule has 5 heteroatoms. The van der Waals surface area contributed by atoms with Crippen LogP contribution in [-0.4, -0.2) is 41.0 Å². The Bertz CT molecular complexity index is 271. The fourth-order valence-corrected chi connectivity index (χ4v) is 1.36. The summed E-state index contributed by atoms with van der Waals surface area (Å²) in [6, 6.07) is -1.49. The molecule has 0 aliphatic carbocycles. The number of aliphatic carboxylic acids is 1. The highest BCUT2D eigenvalue weighted by Crippen LogP contribution is 2.19. The van der Waals surface area contributed by atoms with Crippen molar-refractivity contribution >= 4 is 11.9 Å². The number of carboxylic acids is 1. The van der Waals surface area contributed by atoms with Crippen LogP contribution in [0.15, 0.2) is 0 Å². The quantitative estimate of drug-likeness (QED) is 0.744. The van der Waals surface area contributed by atoms with E-state index in [2.05, 4.69) is 0 Å². The van der Waals surface area contributed by atoms with Crippen LogP contribution in [0.4, 0.5) is 0 Å². The van der Waals surface area contributed by atoms with Crippen molar-refractivity contribution in [2.75, 3.05) is 7.05 Å². The number of hydrogen-bond donors (Lipinski definition) is 2. The summed E-state index contributed by atoms with van der Waals surface area (Å²) in [5.41, 5.74) is 5.43. The molecule has 0 saturated heterocycles. The molecule has 0 aromatic rings. The lowest BCUT2D eigenvalue weighted by molar-refractivity contribution is -0.150. The number of nitrogens with two attached hydrogens (primary N) is 1. The molecule has 3 N–H and O–H groups in total. The average molecular weight is 230 g/mol. The van der Waals surface area contributed by atoms with Crippen LogP contribution in [0.2, 0.25) is 0 Å². The summed E-state index contributed by atoms with van der Waals surface area (Å²) >= 11 is 0. The molecular formula is C11H22N2O3. The van der Waals surface area contributed by atoms with Gasteiger partial charge in [-0.2, -0.15) is 0 Å². The highest BCUT2D eigenvalue weighted by atomic mass is 16.4. The fraction of sp³-hybridized carbons (Fsp3) is 0.818. The zero-order valence-electron chi connectivity index (χ0n) is 10.7. The number of amides is 1. The zero-order valence-corrected chi connectivity index (χ0v) is 10.7. The van der Waals surface area contributed by atoms with Crippen molar-refractivity contribution in [3.8, 4) is 0 Å². The summed E-state index contributed by atoms with van der Waals surface area (Å²) in [6.45, 7) is 7.28. The Morgan fingerprint density at radius 1 is 1.38 bits per heavy atom. The van der Waals surface area contributed by atoms with Crippen LogP contribution in [-0.2, 0) is 9.59 Å². The fourth-order valence-electron chi connectivity index (χ4n) is 1.36. The average Bonchev–Trinajstić information content (AvgIpc) is 2.14. The van der Waals surface area contributed by atoms with Crippen LogP contribution in [0.25, 0.3) is 0 Å². The van der Waals surface area contributed by atoms with Gasteiger partial charge >= 0.3 is 5.97 Å². The zero-order chi connectivity index (χ0) is 13.1. The van der Waals surface area contributed by atoms with E-state index in [0.29, 0.717) is 6.42 Å². The van der Waals surface area contributed by atoms with Crippen molar-refractivity contribution in [1.29, 1.82) is 0 Å². The van der Waals surface area contributed by atoms with E-state index in [9.17, 15) is 9.59 Å². The van der Waals surface area contributed by atoms with E-state index in [0.717, 1.165) is 0 Å². The molecule has 94 valence electrons. The normalized spacial score (nSPS) is 15.4. The first kappa shape index (κ1) is 14.9. The molecule has 0 bridgehead atoms. The molecule has 5 nitrogen and oxygen atoms in total. The summed E-state index contributed by atoms with van der Waals surface area (Å²) in [6.07, 6.45) is 0.369. The van der Waals surface area contributed by atoms with Gasteiger partial charge in [-0.1, -0.05) is 27.7 Å². The standard InChI is InChI=1S/C11H22N2O3/c1-6-7(10(15)16)13(5)9(14)8(12)11(2,3)4/h7-8H,6,12H2,1-5H3,(H,15,16). The summed E-state index contributed by atoms with van der Waals surface area (Å²) in [4.78, 5) is 24.1. The van der Waals surface area contributed by atoms with Crippen molar-refractivity contribution in [1.82, 2.24) is 4.90 Å². The number of nitrogens with zero attached hydrogens (tertiary/aromatic N) is 1. The summed E-state index contributed by atoms with van der Waals surface area (Å²) in [5, 5.41) is 8.94. The molecule has 0 heterocycles. The summed E-state index contributed by atoms with van der Waals surface area (Å²) in [5.74, 6) is -1.33. The smallest absolute Gasteiger partial charge is 0.326 e. The topological polar surface area (TPSA) is 83.6 Å². The first-order chi connectivity index (χ1) is 7.12. The number of carboxylic acid groups (broad SMARTS) is 1. The van der Waals surface area contributed by atoms with Crippen LogP contribution in [0.3, 0.4) is 0 Å². The lowest BCUT2D eigenvalue weighted by Gasteiger charge is -2.32. The van der Waals surface area contributed by atoms with Gasteiger partial charge in [0.1, 0.15) is 6.04 Å². The van der Waals surface area contributed by atoms with Gasteiger partial charge in [-0.25, -0.2) is 4.79 Å². The minimum Gasteiger partial charge on any atom is -0.480 e. The Balaban J connectivity index is 4.79. The van der Waals surface area contributed by atoms with Crippen molar-refractivity contribution in [3.05, 3.63) is 0 Å². The Kier molecular flexibility index (Phi) is 4.93. The minimum absolute atomic E-state index is 0.332. The molecule has 0 spiro atoms. The number of rotatable bonds is 4. The molecule has 0 aliphatic rings. The van der Waals surface area contributed by atoms with Gasteiger partial charge in [0, 0.05) is 7.05 Å². The number of carbonyl (C=O) groups is 2. The Morgan fingerprint density at radius 2 is 1.81 bits per heavy atom. The molecule has 0 rings (SSSR count). The summed E-state index contributed by atoms with van der Waals surface area (Å²) in [7, 11) is 1.48. The van der Waals surface area contributed by atoms with Crippen LogP contribution in [0, 0.1) is 5.41 Å². The molecule has 0 fully saturated rings. The third-order valence-corrected chi connectivity index (χ3v) is 2.69. The maximum absolute atomic E-state index is 11.9. The third kappa shape index (κ3) is 3.48. The van der Waals surface area contributed by atoms with Crippen LogP contribution in [0.5, 0.6) is 0 Å². The van der Waals surface area contributed by atoms with E-state index in [-0.39, 0.29) is 11.3 Å². The maximum Gasteiger partial charge on any atom is 0.326 e. The second-order valence-corrected chi connectivity index (χ2v) is 5.06. The highest BCUT2D eigenvalue weighted by Gasteiger charge is 2.33. The highest BCUT2D eigenvalue weighted by molar-refractivity contribution is 5.87. The molecule has 1 amide bonds. The van der Waals surface area contributed by atoms with E-state index in [1.165, 1.54) is 11.9 Å². The predicted octanol–water partition coefficient (Wildman–Crippen LogP) is 0.681. The number of likely N-dealkylation sites (N-methyl/N-ethyl adjacent to an activating group) is 1. The second kappa shape index (κ2) is 5.30. The molecule has 16 heavy (non-hydrogen) atoms. The second-order valence-electron chi connectivity index (χ2n) is 5.06. The van der Waals surface area contributed by atoms with Crippen LogP contribution >= 0.6 is 0 Å². The van der Waals surface area contributed by atoms with Crippen LogP contribution < -0.4 is 5.73 Å². The molecule has 2 atom stereocenters. The van der Waals surface area contributed by atoms with Crippen molar-refractivity contribution < 1.29 is 14.7 Å². The number of carbonyl (C=O) groups excluding carboxylic acids is 1. The molecule has 0 aromatic heterocycles. The van der Waals surface area contributed by atoms with Gasteiger partial charge in [0.25, 0.3) is 0 Å². The van der Waals surface area contributed by atoms with Crippen molar-refractivity contribution in [3.63, 3.8) is 0 Å². The maximum atomic E-state index is 11.9. The van der Waals surface area contributed by atoms with E-state index in [1.54, 1.807) is 6.92 Å². The first-order valence-electron chi connectivity index (χ1n) is 5.38. The molecule has 0 saturated carbocycles. The van der Waals surface area contributed by atoms with E-state index < -0.39 is 18.1 Å². The Hall–Kier alpha value is -1.10. The predicted molar refractivity (Wildman–Crippen MR) is 61.9 cm³/mol. The van der Waals surface area contributed by atoms with Crippen molar-refractivity contribution in [2.45, 2.75) is 46.2 Å². The summed E-state index contributed by atoms with van der Waals surface area (Å²) < 4.78 is 0. The molecular weight excluding hydrogens is 208 g/mol. The molecule has 0 aliphatic heterocycles. The Morgan fingerprint density at radius 3 is 2.06 bits per heavy atom. The van der Waals surface area contributed by atoms with Gasteiger partial charge in [0.2, 0.25) is 5.91 Å². The largest absolute Gasteiger partial charge is 0.480 e. The van der Waals surface area contributed by atoms with E-state index >= 15 is 0 Å². The van der Waals surface area contributed by atoms with E-state index in [4.69, 9.17) is 10.8 Å². The molecule has 0 radical (unpaired) electrons. The molecule has 0 aromatic carbocycles. The third-order valence-electron chi connectivity index (χ3n) is 2.69. The SMILES string of the molecule is CCC(C(=O)O)N(C)C(=O)C(N)C(C)(C)C. The Labute approximate surface area is 96.6 Å². The first-order valence-corrected chi connectivity index (χ1v) is 5.38. The van der Waals surface area contributed by atoms with Gasteiger partial charge in [0.05, 0.1) is 6.04 Å². The van der Waals surface area contributed by atoms with Gasteiger partial charge < -0.3 is 15.7 Å². The minimum atomic E-state index is -1.00. The van der Waals surface area contributed by atoms with Gasteiger partial charge in [-0.15, -0.1) is 0 Å². The van der Waals surface area contributed by atoms with E-state index in [1.807, 2.05) is 20.8 Å². The monoisotopic (exact) mass is 230 g/mol. The lowest BCUT2D eigenvalue weighted by atomic mass is 9.86.